The molecule has 1 heterocycles. The SMILES string of the molecule is Cc1nn(-c2ccc(F)cc2)c(Cl)c1/C=N\NC(N)=O. The number of aromatic nitrogens is 2. The number of nitrogens with one attached hydrogen (secondary N) is 1. The maximum absolute atomic E-state index is 12.9. The van der Waals surface area contributed by atoms with E-state index in [0.717, 1.165) is 0 Å². The molecule has 8 heteroatoms. The molecule has 2 amide bonds. The highest BCUT2D eigenvalue weighted by Crippen LogP contribution is 2.22. The molecule has 0 bridgehead atoms. The van der Waals surface area contributed by atoms with Gasteiger partial charge in [0.15, 0.2) is 0 Å². The second-order valence-corrected chi connectivity index (χ2v) is 4.27. The van der Waals surface area contributed by atoms with E-state index in [2.05, 4.69) is 15.6 Å². The highest BCUT2D eigenvalue weighted by molar-refractivity contribution is 6.32. The number of nitrogens with zero attached hydrogens (tertiary/aromatic N) is 3. The van der Waals surface area contributed by atoms with Gasteiger partial charge in [0.2, 0.25) is 0 Å². The summed E-state index contributed by atoms with van der Waals surface area (Å²) in [5.74, 6) is -0.346. The van der Waals surface area contributed by atoms with Crippen LogP contribution in [0.4, 0.5) is 9.18 Å². The Morgan fingerprint density at radius 3 is 2.75 bits per heavy atom. The second kappa shape index (κ2) is 5.70. The number of primary amides is 1. The van der Waals surface area contributed by atoms with Gasteiger partial charge in [-0.05, 0) is 31.2 Å². The van der Waals surface area contributed by atoms with Crippen molar-refractivity contribution in [3.8, 4) is 5.69 Å². The fourth-order valence-electron chi connectivity index (χ4n) is 1.57. The molecule has 2 aromatic rings. The van der Waals surface area contributed by atoms with E-state index in [0.29, 0.717) is 22.1 Å². The number of aryl methyl sites for hydroxylation is 1. The maximum Gasteiger partial charge on any atom is 0.332 e. The molecule has 1 aromatic carbocycles. The van der Waals surface area contributed by atoms with Gasteiger partial charge in [0.05, 0.1) is 23.2 Å². The van der Waals surface area contributed by atoms with Crippen LogP contribution in [-0.4, -0.2) is 22.0 Å². The van der Waals surface area contributed by atoms with Crippen LogP contribution < -0.4 is 11.2 Å². The third kappa shape index (κ3) is 2.94. The van der Waals surface area contributed by atoms with Gasteiger partial charge in [-0.25, -0.2) is 19.3 Å². The molecule has 0 fully saturated rings. The lowest BCUT2D eigenvalue weighted by molar-refractivity contribution is 0.249. The lowest BCUT2D eigenvalue weighted by Crippen LogP contribution is -2.24. The summed E-state index contributed by atoms with van der Waals surface area (Å²) in [6.45, 7) is 1.73. The molecule has 20 heavy (non-hydrogen) atoms. The molecule has 2 rings (SSSR count). The van der Waals surface area contributed by atoms with Crippen LogP contribution in [0.25, 0.3) is 5.69 Å². The molecule has 0 unspecified atom stereocenters. The quantitative estimate of drug-likeness (QED) is 0.670. The highest BCUT2D eigenvalue weighted by Gasteiger charge is 2.13. The second-order valence-electron chi connectivity index (χ2n) is 3.91. The predicted molar refractivity (Wildman–Crippen MR) is 73.6 cm³/mol. The van der Waals surface area contributed by atoms with E-state index in [-0.39, 0.29) is 5.82 Å². The number of nitrogens with two attached hydrogens (primary N) is 1. The van der Waals surface area contributed by atoms with Crippen LogP contribution in [0.2, 0.25) is 5.15 Å². The first-order chi connectivity index (χ1) is 9.49. The number of hydrogen-bond acceptors (Lipinski definition) is 3. The van der Waals surface area contributed by atoms with Crippen molar-refractivity contribution in [1.29, 1.82) is 0 Å². The molecule has 104 valence electrons. The first-order valence-electron chi connectivity index (χ1n) is 5.58. The average Bonchev–Trinajstić information content (AvgIpc) is 2.67. The standard InChI is InChI=1S/C12H11ClFN5O/c1-7-10(6-16-17-12(15)20)11(13)19(18-7)9-4-2-8(14)3-5-9/h2-6H,1H3,(H3,15,17,20)/b16-6-. The topological polar surface area (TPSA) is 85.3 Å². The van der Waals surface area contributed by atoms with E-state index in [1.165, 1.54) is 23.0 Å². The van der Waals surface area contributed by atoms with Crippen LogP contribution in [-0.2, 0) is 0 Å². The largest absolute Gasteiger partial charge is 0.350 e. The summed E-state index contributed by atoms with van der Waals surface area (Å²) in [6.07, 6.45) is 1.34. The summed E-state index contributed by atoms with van der Waals surface area (Å²) < 4.78 is 14.3. The Labute approximate surface area is 119 Å². The van der Waals surface area contributed by atoms with Gasteiger partial charge in [-0.2, -0.15) is 10.2 Å². The van der Waals surface area contributed by atoms with Crippen molar-refractivity contribution in [3.63, 3.8) is 0 Å². The Kier molecular flexibility index (Phi) is 3.99. The minimum atomic E-state index is -0.777. The molecule has 0 aliphatic carbocycles. The molecule has 0 spiro atoms. The molecule has 0 aliphatic heterocycles. The van der Waals surface area contributed by atoms with E-state index >= 15 is 0 Å². The molecule has 0 saturated heterocycles. The fourth-order valence-corrected chi connectivity index (χ4v) is 1.89. The Balaban J connectivity index is 2.35. The number of halogens is 2. The smallest absolute Gasteiger partial charge is 0.332 e. The van der Waals surface area contributed by atoms with Crippen molar-refractivity contribution >= 4 is 23.8 Å². The van der Waals surface area contributed by atoms with Crippen molar-refractivity contribution < 1.29 is 9.18 Å². The molecule has 6 nitrogen and oxygen atoms in total. The van der Waals surface area contributed by atoms with E-state index in [1.807, 2.05) is 0 Å². The summed E-state index contributed by atoms with van der Waals surface area (Å²) in [6, 6.07) is 4.95. The number of rotatable bonds is 3. The molecule has 0 radical (unpaired) electrons. The molecule has 1 aromatic heterocycles. The maximum atomic E-state index is 12.9. The van der Waals surface area contributed by atoms with Gasteiger partial charge in [-0.15, -0.1) is 0 Å². The first kappa shape index (κ1) is 14.0. The van der Waals surface area contributed by atoms with Gasteiger partial charge in [0, 0.05) is 0 Å². The van der Waals surface area contributed by atoms with E-state index in [4.69, 9.17) is 17.3 Å². The summed E-state index contributed by atoms with van der Waals surface area (Å²) >= 11 is 6.19. The van der Waals surface area contributed by atoms with E-state index < -0.39 is 6.03 Å². The summed E-state index contributed by atoms with van der Waals surface area (Å²) in [7, 11) is 0. The fraction of sp³-hybridized carbons (Fsp3) is 0.0833. The summed E-state index contributed by atoms with van der Waals surface area (Å²) in [5, 5.41) is 8.17. The van der Waals surface area contributed by atoms with Crippen molar-refractivity contribution in [1.82, 2.24) is 15.2 Å². The van der Waals surface area contributed by atoms with Crippen molar-refractivity contribution in [2.45, 2.75) is 6.92 Å². The van der Waals surface area contributed by atoms with Gasteiger partial charge in [-0.3, -0.25) is 0 Å². The van der Waals surface area contributed by atoms with Crippen LogP contribution in [0.5, 0.6) is 0 Å². The van der Waals surface area contributed by atoms with Crippen LogP contribution >= 0.6 is 11.6 Å². The number of benzene rings is 1. The molecule has 3 N–H and O–H groups in total. The molecule has 0 atom stereocenters. The highest BCUT2D eigenvalue weighted by atomic mass is 35.5. The van der Waals surface area contributed by atoms with Crippen molar-refractivity contribution in [2.24, 2.45) is 10.8 Å². The Morgan fingerprint density at radius 1 is 1.50 bits per heavy atom. The zero-order valence-corrected chi connectivity index (χ0v) is 11.2. The first-order valence-corrected chi connectivity index (χ1v) is 5.96. The van der Waals surface area contributed by atoms with Gasteiger partial charge >= 0.3 is 6.03 Å². The van der Waals surface area contributed by atoms with Gasteiger partial charge in [-0.1, -0.05) is 11.6 Å². The number of hydrazone groups is 1. The van der Waals surface area contributed by atoms with Crippen LogP contribution in [0.3, 0.4) is 0 Å². The lowest BCUT2D eigenvalue weighted by atomic mass is 10.3. The molecular weight excluding hydrogens is 285 g/mol. The lowest BCUT2D eigenvalue weighted by Gasteiger charge is -2.02. The summed E-state index contributed by atoms with van der Waals surface area (Å²) in [5.41, 5.74) is 8.71. The zero-order chi connectivity index (χ0) is 14.7. The molecule has 0 saturated carbocycles. The Morgan fingerprint density at radius 2 is 2.15 bits per heavy atom. The van der Waals surface area contributed by atoms with E-state index in [9.17, 15) is 9.18 Å². The zero-order valence-electron chi connectivity index (χ0n) is 10.5. The van der Waals surface area contributed by atoms with Gasteiger partial charge in [0.1, 0.15) is 11.0 Å². The van der Waals surface area contributed by atoms with Crippen LogP contribution in [0, 0.1) is 12.7 Å². The van der Waals surface area contributed by atoms with Crippen molar-refractivity contribution in [3.05, 3.63) is 46.5 Å². The number of hydrogen-bond donors (Lipinski definition) is 2. The normalized spacial score (nSPS) is 10.9. The van der Waals surface area contributed by atoms with Gasteiger partial charge in [0.25, 0.3) is 0 Å². The van der Waals surface area contributed by atoms with Crippen LogP contribution in [0.1, 0.15) is 11.3 Å². The van der Waals surface area contributed by atoms with Crippen LogP contribution in [0.15, 0.2) is 29.4 Å². The number of carbonyl (C=O) groups is 1. The number of amides is 2. The van der Waals surface area contributed by atoms with E-state index in [1.54, 1.807) is 19.1 Å². The number of carbonyl (C=O) groups excluding carboxylic acids is 1. The molecular formula is C12H11ClFN5O. The predicted octanol–water partition coefficient (Wildman–Crippen LogP) is 1.98. The number of urea groups is 1. The summed E-state index contributed by atoms with van der Waals surface area (Å²) in [4.78, 5) is 10.5. The minimum absolute atomic E-state index is 0.295. The molecule has 0 aliphatic rings. The minimum Gasteiger partial charge on any atom is -0.350 e. The Hall–Kier alpha value is -2.41. The monoisotopic (exact) mass is 295 g/mol. The third-order valence-electron chi connectivity index (χ3n) is 2.49. The van der Waals surface area contributed by atoms with Gasteiger partial charge < -0.3 is 5.73 Å². The average molecular weight is 296 g/mol. The Bertz CT molecular complexity index is 665. The van der Waals surface area contributed by atoms with Crippen molar-refractivity contribution in [2.75, 3.05) is 0 Å². The third-order valence-corrected chi connectivity index (χ3v) is 2.85.